The van der Waals surface area contributed by atoms with Crippen LogP contribution in [0.5, 0.6) is 0 Å². The lowest BCUT2D eigenvalue weighted by Crippen LogP contribution is -2.67. The van der Waals surface area contributed by atoms with Crippen LogP contribution in [0.15, 0.2) is 0 Å². The van der Waals surface area contributed by atoms with Gasteiger partial charge in [-0.1, -0.05) is 0 Å². The maximum Gasteiger partial charge on any atom is 0.0646 e. The zero-order valence-electron chi connectivity index (χ0n) is 5.97. The highest BCUT2D eigenvalue weighted by molar-refractivity contribution is 5.10. The average Bonchev–Trinajstić information content (AvgIpc) is 1.86. The molecule has 3 N–H and O–H groups in total. The van der Waals surface area contributed by atoms with Crippen LogP contribution in [0.3, 0.4) is 0 Å². The molecule has 3 aliphatic rings. The Morgan fingerprint density at radius 2 is 2.10 bits per heavy atom. The van der Waals surface area contributed by atoms with Crippen molar-refractivity contribution in [2.75, 3.05) is 19.8 Å². The summed E-state index contributed by atoms with van der Waals surface area (Å²) >= 11 is 0. The molecule has 10 heavy (non-hydrogen) atoms. The highest BCUT2D eigenvalue weighted by Crippen LogP contribution is 2.50. The van der Waals surface area contributed by atoms with E-state index >= 15 is 0 Å². The maximum atomic E-state index is 8.97. The van der Waals surface area contributed by atoms with Gasteiger partial charge in [0.1, 0.15) is 0 Å². The van der Waals surface area contributed by atoms with Crippen molar-refractivity contribution in [3.8, 4) is 0 Å². The molecule has 3 nitrogen and oxygen atoms in total. The molecule has 2 bridgehead atoms. The van der Waals surface area contributed by atoms with Crippen LogP contribution in [0, 0.1) is 5.41 Å². The predicted octanol–water partition coefficient (Wildman–Crippen LogP) is -0.513. The van der Waals surface area contributed by atoms with Gasteiger partial charge in [0.25, 0.3) is 0 Å². The zero-order chi connectivity index (χ0) is 7.24. The van der Waals surface area contributed by atoms with Crippen LogP contribution in [-0.2, 0) is 4.74 Å². The van der Waals surface area contributed by atoms with Gasteiger partial charge in [-0.25, -0.2) is 0 Å². The third-order valence-electron chi connectivity index (χ3n) is 2.59. The summed E-state index contributed by atoms with van der Waals surface area (Å²) in [5, 5.41) is 8.97. The fraction of sp³-hybridized carbons (Fsp3) is 1.00. The summed E-state index contributed by atoms with van der Waals surface area (Å²) in [4.78, 5) is 0. The van der Waals surface area contributed by atoms with Gasteiger partial charge in [0.2, 0.25) is 0 Å². The zero-order valence-corrected chi connectivity index (χ0v) is 5.97. The number of fused-ring (bicyclic) bond motifs is 2. The van der Waals surface area contributed by atoms with E-state index in [1.165, 1.54) is 0 Å². The molecule has 0 aromatic heterocycles. The van der Waals surface area contributed by atoms with Gasteiger partial charge < -0.3 is 15.6 Å². The van der Waals surface area contributed by atoms with Gasteiger partial charge in [0.15, 0.2) is 0 Å². The fourth-order valence-corrected chi connectivity index (χ4v) is 2.27. The molecule has 58 valence electrons. The molecule has 1 aliphatic carbocycles. The summed E-state index contributed by atoms with van der Waals surface area (Å²) in [6.07, 6.45) is 1.88. The molecular formula is C7H13NO2. The van der Waals surface area contributed by atoms with E-state index in [1.54, 1.807) is 0 Å². The summed E-state index contributed by atoms with van der Waals surface area (Å²) in [7, 11) is 0. The second kappa shape index (κ2) is 1.72. The molecule has 0 atom stereocenters. The van der Waals surface area contributed by atoms with Crippen LogP contribution in [0.25, 0.3) is 0 Å². The molecule has 3 fully saturated rings. The van der Waals surface area contributed by atoms with Crippen molar-refractivity contribution in [2.24, 2.45) is 11.1 Å². The minimum atomic E-state index is -0.0962. The van der Waals surface area contributed by atoms with Crippen molar-refractivity contribution < 1.29 is 9.84 Å². The molecule has 0 aromatic rings. The predicted molar refractivity (Wildman–Crippen MR) is 36.5 cm³/mol. The Labute approximate surface area is 60.2 Å². The summed E-state index contributed by atoms with van der Waals surface area (Å²) in [6.45, 7) is 1.60. The number of rotatable bonds is 1. The lowest BCUT2D eigenvalue weighted by Gasteiger charge is -2.57. The first-order valence-corrected chi connectivity index (χ1v) is 3.66. The first-order chi connectivity index (χ1) is 4.68. The molecule has 0 aromatic carbocycles. The second-order valence-corrected chi connectivity index (χ2v) is 3.87. The van der Waals surface area contributed by atoms with E-state index in [1.807, 2.05) is 0 Å². The van der Waals surface area contributed by atoms with Gasteiger partial charge in [-0.2, -0.15) is 0 Å². The standard InChI is InChI=1S/C7H13NO2/c8-7-1-6(2-7,3-9)4-10-5-7/h9H,1-5,8H2. The van der Waals surface area contributed by atoms with Crippen molar-refractivity contribution in [2.45, 2.75) is 18.4 Å². The van der Waals surface area contributed by atoms with Crippen molar-refractivity contribution in [3.05, 3.63) is 0 Å². The normalized spacial score (nSPS) is 52.2. The minimum Gasteiger partial charge on any atom is -0.396 e. The number of hydrogen-bond acceptors (Lipinski definition) is 3. The lowest BCUT2D eigenvalue weighted by molar-refractivity contribution is -0.164. The Bertz CT molecular complexity index is 152. The monoisotopic (exact) mass is 143 g/mol. The van der Waals surface area contributed by atoms with Gasteiger partial charge in [-0.15, -0.1) is 0 Å². The Hall–Kier alpha value is -0.120. The lowest BCUT2D eigenvalue weighted by atomic mass is 9.57. The third kappa shape index (κ3) is 0.713. The van der Waals surface area contributed by atoms with E-state index in [0.717, 1.165) is 12.8 Å². The van der Waals surface area contributed by atoms with Gasteiger partial charge in [0, 0.05) is 11.0 Å². The van der Waals surface area contributed by atoms with E-state index < -0.39 is 0 Å². The number of aliphatic hydroxyl groups excluding tert-OH is 1. The highest BCUT2D eigenvalue weighted by Gasteiger charge is 2.55. The van der Waals surface area contributed by atoms with Crippen LogP contribution < -0.4 is 5.73 Å². The third-order valence-corrected chi connectivity index (χ3v) is 2.59. The molecule has 0 spiro atoms. The minimum absolute atomic E-state index is 0.0347. The van der Waals surface area contributed by atoms with Crippen LogP contribution >= 0.6 is 0 Å². The van der Waals surface area contributed by atoms with Crippen molar-refractivity contribution >= 4 is 0 Å². The topological polar surface area (TPSA) is 55.5 Å². The van der Waals surface area contributed by atoms with Gasteiger partial charge in [-0.3, -0.25) is 0 Å². The first kappa shape index (κ1) is 6.58. The van der Waals surface area contributed by atoms with Crippen molar-refractivity contribution in [3.63, 3.8) is 0 Å². The molecule has 2 saturated heterocycles. The highest BCUT2D eigenvalue weighted by atomic mass is 16.5. The Balaban J connectivity index is 2.08. The number of ether oxygens (including phenoxy) is 1. The van der Waals surface area contributed by atoms with Gasteiger partial charge >= 0.3 is 0 Å². The summed E-state index contributed by atoms with van der Waals surface area (Å²) in [5.74, 6) is 0. The summed E-state index contributed by atoms with van der Waals surface area (Å²) in [5.41, 5.74) is 5.81. The second-order valence-electron chi connectivity index (χ2n) is 3.87. The maximum absolute atomic E-state index is 8.97. The van der Waals surface area contributed by atoms with Gasteiger partial charge in [-0.05, 0) is 12.8 Å². The fourth-order valence-electron chi connectivity index (χ4n) is 2.27. The molecular weight excluding hydrogens is 130 g/mol. The van der Waals surface area contributed by atoms with E-state index in [-0.39, 0.29) is 17.6 Å². The van der Waals surface area contributed by atoms with Crippen LogP contribution in [0.1, 0.15) is 12.8 Å². The molecule has 2 aliphatic heterocycles. The Morgan fingerprint density at radius 1 is 1.40 bits per heavy atom. The molecule has 0 unspecified atom stereocenters. The Kier molecular flexibility index (Phi) is 1.14. The first-order valence-electron chi connectivity index (χ1n) is 3.66. The Morgan fingerprint density at radius 3 is 2.50 bits per heavy atom. The molecule has 0 radical (unpaired) electrons. The number of hydrogen-bond donors (Lipinski definition) is 2. The van der Waals surface area contributed by atoms with E-state index in [9.17, 15) is 0 Å². The van der Waals surface area contributed by atoms with Crippen molar-refractivity contribution in [1.29, 1.82) is 0 Å². The molecule has 0 amide bonds. The molecule has 3 rings (SSSR count). The SMILES string of the molecule is NC12COCC(CO)(C1)C2. The van der Waals surface area contributed by atoms with Crippen LogP contribution in [-0.4, -0.2) is 30.5 Å². The van der Waals surface area contributed by atoms with Crippen LogP contribution in [0.4, 0.5) is 0 Å². The van der Waals surface area contributed by atoms with E-state index in [2.05, 4.69) is 0 Å². The van der Waals surface area contributed by atoms with E-state index in [0.29, 0.717) is 13.2 Å². The van der Waals surface area contributed by atoms with Crippen LogP contribution in [0.2, 0.25) is 0 Å². The summed E-state index contributed by atoms with van der Waals surface area (Å²) < 4.78 is 5.24. The average molecular weight is 143 g/mol. The van der Waals surface area contributed by atoms with E-state index in [4.69, 9.17) is 15.6 Å². The van der Waals surface area contributed by atoms with Gasteiger partial charge in [0.05, 0.1) is 19.8 Å². The largest absolute Gasteiger partial charge is 0.396 e. The van der Waals surface area contributed by atoms with Crippen molar-refractivity contribution in [1.82, 2.24) is 0 Å². The molecule has 1 saturated carbocycles. The summed E-state index contributed by atoms with van der Waals surface area (Å²) in [6, 6.07) is 0. The molecule has 3 heteroatoms. The molecule has 2 heterocycles. The quantitative estimate of drug-likeness (QED) is 0.519. The number of aliphatic hydroxyl groups is 1. The smallest absolute Gasteiger partial charge is 0.0646 e. The number of nitrogens with two attached hydrogens (primary N) is 1.